The molecule has 7 heteroatoms. The molecule has 1 aliphatic heterocycles. The fraction of sp³-hybridized carbons (Fsp3) is 0.263. The molecule has 1 N–H and O–H groups in total. The minimum atomic E-state index is -0.170. The molecule has 2 aromatic heterocycles. The van der Waals surface area contributed by atoms with Gasteiger partial charge in [0.25, 0.3) is 5.91 Å². The van der Waals surface area contributed by atoms with E-state index in [9.17, 15) is 4.79 Å². The monoisotopic (exact) mass is 349 g/mol. The molecule has 1 fully saturated rings. The number of aromatic nitrogens is 3. The molecular weight excluding hydrogens is 330 g/mol. The summed E-state index contributed by atoms with van der Waals surface area (Å²) in [6.45, 7) is 1.62. The molecule has 0 unspecified atom stereocenters. The SMILES string of the molecule is O=C(N[C@@H]1CCCN(c2cnccn2)C1)c1cnoc1-c1ccccc1. The number of hydrogen-bond acceptors (Lipinski definition) is 6. The van der Waals surface area contributed by atoms with Crippen LogP contribution in [-0.4, -0.2) is 40.2 Å². The average molecular weight is 349 g/mol. The van der Waals surface area contributed by atoms with E-state index < -0.39 is 0 Å². The van der Waals surface area contributed by atoms with Crippen LogP contribution in [0.25, 0.3) is 11.3 Å². The van der Waals surface area contributed by atoms with Crippen molar-refractivity contribution in [3.63, 3.8) is 0 Å². The van der Waals surface area contributed by atoms with Gasteiger partial charge >= 0.3 is 0 Å². The molecule has 4 rings (SSSR count). The van der Waals surface area contributed by atoms with Crippen LogP contribution in [0.3, 0.4) is 0 Å². The van der Waals surface area contributed by atoms with Gasteiger partial charge in [-0.05, 0) is 12.8 Å². The molecule has 1 aromatic carbocycles. The number of nitrogens with one attached hydrogen (secondary N) is 1. The van der Waals surface area contributed by atoms with Crippen molar-refractivity contribution in [2.75, 3.05) is 18.0 Å². The second-order valence-corrected chi connectivity index (χ2v) is 6.26. The van der Waals surface area contributed by atoms with Crippen LogP contribution >= 0.6 is 0 Å². The van der Waals surface area contributed by atoms with Crippen molar-refractivity contribution >= 4 is 11.7 Å². The molecule has 1 aliphatic rings. The highest BCUT2D eigenvalue weighted by atomic mass is 16.5. The van der Waals surface area contributed by atoms with Crippen LogP contribution in [0.1, 0.15) is 23.2 Å². The lowest BCUT2D eigenvalue weighted by molar-refractivity contribution is 0.0933. The van der Waals surface area contributed by atoms with E-state index >= 15 is 0 Å². The molecular formula is C19H19N5O2. The maximum Gasteiger partial charge on any atom is 0.257 e. The second-order valence-electron chi connectivity index (χ2n) is 6.26. The number of carbonyl (C=O) groups excluding carboxylic acids is 1. The first-order valence-electron chi connectivity index (χ1n) is 8.63. The van der Waals surface area contributed by atoms with Crippen LogP contribution in [0, 0.1) is 0 Å². The average Bonchev–Trinajstić information content (AvgIpc) is 3.20. The normalized spacial score (nSPS) is 17.1. The quantitative estimate of drug-likeness (QED) is 0.779. The summed E-state index contributed by atoms with van der Waals surface area (Å²) in [6.07, 6.45) is 8.47. The van der Waals surface area contributed by atoms with E-state index in [1.165, 1.54) is 6.20 Å². The number of nitrogens with zero attached hydrogens (tertiary/aromatic N) is 4. The Morgan fingerprint density at radius 2 is 2.08 bits per heavy atom. The van der Waals surface area contributed by atoms with Gasteiger partial charge in [-0.3, -0.25) is 9.78 Å². The number of anilines is 1. The molecule has 132 valence electrons. The van der Waals surface area contributed by atoms with Crippen molar-refractivity contribution in [3.05, 3.63) is 60.7 Å². The summed E-state index contributed by atoms with van der Waals surface area (Å²) in [4.78, 5) is 23.4. The van der Waals surface area contributed by atoms with Gasteiger partial charge < -0.3 is 14.7 Å². The molecule has 3 aromatic rings. The standard InChI is InChI=1S/C19H19N5O2/c25-19(16-11-22-26-18(16)14-5-2-1-3-6-14)23-15-7-4-10-24(13-15)17-12-20-8-9-21-17/h1-3,5-6,8-9,11-12,15H,4,7,10,13H2,(H,23,25)/t15-/m1/s1. The summed E-state index contributed by atoms with van der Waals surface area (Å²) in [5.74, 6) is 1.15. The lowest BCUT2D eigenvalue weighted by Crippen LogP contribution is -2.48. The molecule has 0 radical (unpaired) electrons. The highest BCUT2D eigenvalue weighted by Gasteiger charge is 2.25. The Bertz CT molecular complexity index is 866. The predicted molar refractivity (Wildman–Crippen MR) is 96.7 cm³/mol. The van der Waals surface area contributed by atoms with E-state index in [1.807, 2.05) is 30.3 Å². The van der Waals surface area contributed by atoms with Crippen LogP contribution in [-0.2, 0) is 0 Å². The van der Waals surface area contributed by atoms with Crippen molar-refractivity contribution in [2.24, 2.45) is 0 Å². The van der Waals surface area contributed by atoms with E-state index in [2.05, 4.69) is 25.3 Å². The van der Waals surface area contributed by atoms with E-state index in [0.717, 1.165) is 30.8 Å². The molecule has 0 saturated carbocycles. The Morgan fingerprint density at radius 1 is 1.19 bits per heavy atom. The smallest absolute Gasteiger partial charge is 0.257 e. The molecule has 1 atom stereocenters. The Hall–Kier alpha value is -3.22. The summed E-state index contributed by atoms with van der Waals surface area (Å²) >= 11 is 0. The van der Waals surface area contributed by atoms with Crippen LogP contribution in [0.15, 0.2) is 59.6 Å². The second kappa shape index (κ2) is 7.35. The zero-order valence-corrected chi connectivity index (χ0v) is 14.2. The van der Waals surface area contributed by atoms with E-state index in [1.54, 1.807) is 18.6 Å². The number of rotatable bonds is 4. The number of carbonyl (C=O) groups is 1. The van der Waals surface area contributed by atoms with Crippen molar-refractivity contribution in [3.8, 4) is 11.3 Å². The fourth-order valence-electron chi connectivity index (χ4n) is 3.22. The third kappa shape index (κ3) is 3.42. The number of amides is 1. The zero-order chi connectivity index (χ0) is 17.8. The van der Waals surface area contributed by atoms with Crippen LogP contribution < -0.4 is 10.2 Å². The zero-order valence-electron chi connectivity index (χ0n) is 14.2. The minimum absolute atomic E-state index is 0.0387. The Kier molecular flexibility index (Phi) is 4.59. The van der Waals surface area contributed by atoms with Gasteiger partial charge in [0.05, 0.1) is 12.4 Å². The molecule has 0 bridgehead atoms. The first-order chi connectivity index (χ1) is 12.8. The molecule has 0 spiro atoms. The van der Waals surface area contributed by atoms with E-state index in [4.69, 9.17) is 4.52 Å². The predicted octanol–water partition coefficient (Wildman–Crippen LogP) is 2.53. The van der Waals surface area contributed by atoms with Gasteiger partial charge in [0.2, 0.25) is 0 Å². The summed E-state index contributed by atoms with van der Waals surface area (Å²) in [5.41, 5.74) is 1.29. The first kappa shape index (κ1) is 16.3. The topological polar surface area (TPSA) is 84.2 Å². The van der Waals surface area contributed by atoms with Crippen molar-refractivity contribution < 1.29 is 9.32 Å². The molecule has 3 heterocycles. The lowest BCUT2D eigenvalue weighted by Gasteiger charge is -2.33. The summed E-state index contributed by atoms with van der Waals surface area (Å²) in [6, 6.07) is 9.56. The summed E-state index contributed by atoms with van der Waals surface area (Å²) in [5, 5.41) is 6.91. The largest absolute Gasteiger partial charge is 0.355 e. The number of piperidine rings is 1. The van der Waals surface area contributed by atoms with Gasteiger partial charge in [-0.25, -0.2) is 4.98 Å². The highest BCUT2D eigenvalue weighted by Crippen LogP contribution is 2.24. The van der Waals surface area contributed by atoms with Gasteiger partial charge in [0, 0.05) is 37.1 Å². The van der Waals surface area contributed by atoms with Gasteiger partial charge in [0.15, 0.2) is 5.76 Å². The third-order valence-electron chi connectivity index (χ3n) is 4.48. The summed E-state index contributed by atoms with van der Waals surface area (Å²) < 4.78 is 5.31. The highest BCUT2D eigenvalue weighted by molar-refractivity contribution is 5.99. The van der Waals surface area contributed by atoms with Crippen molar-refractivity contribution in [2.45, 2.75) is 18.9 Å². The van der Waals surface area contributed by atoms with Crippen LogP contribution in [0.5, 0.6) is 0 Å². The fourth-order valence-corrected chi connectivity index (χ4v) is 3.22. The Balaban J connectivity index is 1.46. The minimum Gasteiger partial charge on any atom is -0.355 e. The molecule has 1 amide bonds. The van der Waals surface area contributed by atoms with E-state index in [-0.39, 0.29) is 11.9 Å². The number of hydrogen-bond donors (Lipinski definition) is 1. The summed E-state index contributed by atoms with van der Waals surface area (Å²) in [7, 11) is 0. The first-order valence-corrected chi connectivity index (χ1v) is 8.63. The van der Waals surface area contributed by atoms with Crippen LogP contribution in [0.2, 0.25) is 0 Å². The van der Waals surface area contributed by atoms with Gasteiger partial charge in [-0.1, -0.05) is 35.5 Å². The lowest BCUT2D eigenvalue weighted by atomic mass is 10.0. The Labute approximate surface area is 151 Å². The maximum atomic E-state index is 12.8. The number of benzene rings is 1. The van der Waals surface area contributed by atoms with Gasteiger partial charge in [-0.15, -0.1) is 0 Å². The molecule has 26 heavy (non-hydrogen) atoms. The molecule has 0 aliphatic carbocycles. The van der Waals surface area contributed by atoms with Crippen LogP contribution in [0.4, 0.5) is 5.82 Å². The molecule has 1 saturated heterocycles. The van der Waals surface area contributed by atoms with Gasteiger partial charge in [-0.2, -0.15) is 0 Å². The third-order valence-corrected chi connectivity index (χ3v) is 4.48. The Morgan fingerprint density at radius 3 is 2.88 bits per heavy atom. The van der Waals surface area contributed by atoms with Gasteiger partial charge in [0.1, 0.15) is 11.4 Å². The van der Waals surface area contributed by atoms with Crippen molar-refractivity contribution in [1.82, 2.24) is 20.4 Å². The molecule has 7 nitrogen and oxygen atoms in total. The maximum absolute atomic E-state index is 12.8. The van der Waals surface area contributed by atoms with E-state index in [0.29, 0.717) is 17.9 Å². The van der Waals surface area contributed by atoms with Crippen molar-refractivity contribution in [1.29, 1.82) is 0 Å².